The number of aldehydes is 2. The Hall–Kier alpha value is -0.920. The summed E-state index contributed by atoms with van der Waals surface area (Å²) in [7, 11) is 0. The maximum Gasteiger partial charge on any atom is 0.142 e. The van der Waals surface area contributed by atoms with E-state index in [1.165, 1.54) is 6.08 Å². The van der Waals surface area contributed by atoms with E-state index in [0.29, 0.717) is 12.7 Å². The van der Waals surface area contributed by atoms with Crippen LogP contribution in [0.15, 0.2) is 12.7 Å². The molecule has 0 aromatic heterocycles. The number of carbonyl (C=O) groups is 2. The summed E-state index contributed by atoms with van der Waals surface area (Å²) in [4.78, 5) is 18.2. The molecule has 0 heterocycles. The molecule has 0 aliphatic carbocycles. The monoisotopic (exact) mass is 114 g/mol. The van der Waals surface area contributed by atoms with Crippen molar-refractivity contribution in [1.29, 1.82) is 0 Å². The van der Waals surface area contributed by atoms with Crippen LogP contribution in [-0.4, -0.2) is 12.6 Å². The molecule has 0 radical (unpaired) electrons. The highest BCUT2D eigenvalue weighted by Crippen LogP contribution is 1.53. The fourth-order valence-corrected chi connectivity index (χ4v) is 0. The first-order chi connectivity index (χ1) is 3.83. The van der Waals surface area contributed by atoms with Crippen molar-refractivity contribution in [3.8, 4) is 0 Å². The number of carbonyl (C=O) groups excluding carboxylic acids is 2. The first-order valence-corrected chi connectivity index (χ1v) is 2.33. The van der Waals surface area contributed by atoms with Crippen molar-refractivity contribution >= 4 is 12.6 Å². The topological polar surface area (TPSA) is 34.1 Å². The number of rotatable bonds is 2. The van der Waals surface area contributed by atoms with Crippen LogP contribution in [0.2, 0.25) is 0 Å². The van der Waals surface area contributed by atoms with Gasteiger partial charge in [-0.3, -0.25) is 4.79 Å². The van der Waals surface area contributed by atoms with Gasteiger partial charge in [0, 0.05) is 6.42 Å². The van der Waals surface area contributed by atoms with Crippen LogP contribution in [0.25, 0.3) is 0 Å². The van der Waals surface area contributed by atoms with E-state index < -0.39 is 0 Å². The summed E-state index contributed by atoms with van der Waals surface area (Å²) >= 11 is 0. The summed E-state index contributed by atoms with van der Waals surface area (Å²) in [5, 5.41) is 0. The Morgan fingerprint density at radius 2 is 1.75 bits per heavy atom. The number of allylic oxidation sites excluding steroid dienone is 1. The molecule has 0 fully saturated rings. The van der Waals surface area contributed by atoms with Gasteiger partial charge in [-0.2, -0.15) is 0 Å². The molecule has 0 unspecified atom stereocenters. The Morgan fingerprint density at radius 1 is 1.50 bits per heavy atom. The van der Waals surface area contributed by atoms with Crippen molar-refractivity contribution in [2.45, 2.75) is 13.3 Å². The van der Waals surface area contributed by atoms with Crippen LogP contribution in [-0.2, 0) is 9.59 Å². The molecule has 0 aliphatic heterocycles. The molecule has 0 bridgehead atoms. The lowest BCUT2D eigenvalue weighted by atomic mass is 10.6. The molecular weight excluding hydrogens is 104 g/mol. The predicted molar refractivity (Wildman–Crippen MR) is 32.6 cm³/mol. The summed E-state index contributed by atoms with van der Waals surface area (Å²) in [6.45, 7) is 4.92. The van der Waals surface area contributed by atoms with Crippen LogP contribution in [0.1, 0.15) is 13.3 Å². The minimum atomic E-state index is 0.639. The smallest absolute Gasteiger partial charge is 0.142 e. The first kappa shape index (κ1) is 10.1. The minimum Gasteiger partial charge on any atom is -0.303 e. The van der Waals surface area contributed by atoms with Crippen molar-refractivity contribution < 1.29 is 9.59 Å². The Kier molecular flexibility index (Phi) is 21.0. The average Bonchev–Trinajstić information content (AvgIpc) is 1.88. The summed E-state index contributed by atoms with van der Waals surface area (Å²) in [6, 6.07) is 0. The predicted octanol–water partition coefficient (Wildman–Crippen LogP) is 0.967. The highest BCUT2D eigenvalue weighted by atomic mass is 16.1. The Morgan fingerprint density at radius 3 is 1.75 bits per heavy atom. The highest BCUT2D eigenvalue weighted by Gasteiger charge is 1.52. The van der Waals surface area contributed by atoms with E-state index in [4.69, 9.17) is 4.79 Å². The molecule has 0 amide bonds. The fraction of sp³-hybridized carbons (Fsp3) is 0.333. The highest BCUT2D eigenvalue weighted by molar-refractivity contribution is 5.63. The Bertz CT molecular complexity index is 60.9. The largest absolute Gasteiger partial charge is 0.303 e. The molecule has 0 N–H and O–H groups in total. The normalized spacial score (nSPS) is 5.62. The van der Waals surface area contributed by atoms with E-state index in [1.54, 1.807) is 0 Å². The molecular formula is C6H10O2. The molecule has 8 heavy (non-hydrogen) atoms. The maximum atomic E-state index is 9.17. The van der Waals surface area contributed by atoms with E-state index in [0.717, 1.165) is 6.29 Å². The summed E-state index contributed by atoms with van der Waals surface area (Å²) in [5.74, 6) is 0. The average molecular weight is 114 g/mol. The van der Waals surface area contributed by atoms with E-state index in [1.807, 2.05) is 6.92 Å². The van der Waals surface area contributed by atoms with Crippen LogP contribution in [0.3, 0.4) is 0 Å². The lowest BCUT2D eigenvalue weighted by molar-refractivity contribution is -0.107. The van der Waals surface area contributed by atoms with E-state index in [-0.39, 0.29) is 0 Å². The van der Waals surface area contributed by atoms with Gasteiger partial charge in [0.2, 0.25) is 0 Å². The zero-order valence-electron chi connectivity index (χ0n) is 4.96. The van der Waals surface area contributed by atoms with Gasteiger partial charge >= 0.3 is 0 Å². The molecule has 46 valence electrons. The quantitative estimate of drug-likeness (QED) is 0.396. The lowest BCUT2D eigenvalue weighted by Crippen LogP contribution is -1.55. The molecule has 0 rings (SSSR count). The minimum absolute atomic E-state index is 0.639. The number of hydrogen-bond donors (Lipinski definition) is 0. The van der Waals surface area contributed by atoms with E-state index in [9.17, 15) is 4.79 Å². The third-order valence-corrected chi connectivity index (χ3v) is 0.263. The third kappa shape index (κ3) is 72.5. The third-order valence-electron chi connectivity index (χ3n) is 0.263. The van der Waals surface area contributed by atoms with Gasteiger partial charge in [0.05, 0.1) is 0 Å². The second-order valence-electron chi connectivity index (χ2n) is 0.947. The van der Waals surface area contributed by atoms with Gasteiger partial charge in [0.25, 0.3) is 0 Å². The SMILES string of the molecule is C=CC=O.CCC=O. The van der Waals surface area contributed by atoms with Gasteiger partial charge in [0.1, 0.15) is 12.6 Å². The van der Waals surface area contributed by atoms with Crippen molar-refractivity contribution in [2.24, 2.45) is 0 Å². The zero-order valence-corrected chi connectivity index (χ0v) is 4.96. The van der Waals surface area contributed by atoms with Gasteiger partial charge in [-0.25, -0.2) is 0 Å². The van der Waals surface area contributed by atoms with Gasteiger partial charge in [-0.15, -0.1) is 0 Å². The van der Waals surface area contributed by atoms with Crippen LogP contribution >= 0.6 is 0 Å². The van der Waals surface area contributed by atoms with Gasteiger partial charge < -0.3 is 4.79 Å². The molecule has 0 aliphatic rings. The summed E-state index contributed by atoms with van der Waals surface area (Å²) < 4.78 is 0. The molecule has 0 atom stereocenters. The van der Waals surface area contributed by atoms with Crippen molar-refractivity contribution in [3.05, 3.63) is 12.7 Å². The summed E-state index contributed by atoms with van der Waals surface area (Å²) in [6.07, 6.45) is 3.35. The second-order valence-corrected chi connectivity index (χ2v) is 0.947. The zero-order chi connectivity index (χ0) is 6.83. The second kappa shape index (κ2) is 16.5. The van der Waals surface area contributed by atoms with Crippen LogP contribution < -0.4 is 0 Å². The first-order valence-electron chi connectivity index (χ1n) is 2.33. The molecule has 2 nitrogen and oxygen atoms in total. The van der Waals surface area contributed by atoms with E-state index >= 15 is 0 Å². The van der Waals surface area contributed by atoms with Gasteiger partial charge in [-0.05, 0) is 6.08 Å². The van der Waals surface area contributed by atoms with Gasteiger partial charge in [-0.1, -0.05) is 13.5 Å². The molecule has 0 saturated heterocycles. The Balaban J connectivity index is 0. The lowest BCUT2D eigenvalue weighted by Gasteiger charge is -1.51. The molecule has 0 spiro atoms. The fourth-order valence-electron chi connectivity index (χ4n) is 0. The number of hydrogen-bond acceptors (Lipinski definition) is 2. The van der Waals surface area contributed by atoms with Crippen molar-refractivity contribution in [1.82, 2.24) is 0 Å². The molecule has 0 aromatic rings. The Labute approximate surface area is 49.2 Å². The molecule has 2 heteroatoms. The van der Waals surface area contributed by atoms with Crippen LogP contribution in [0.4, 0.5) is 0 Å². The standard InChI is InChI=1S/C3H6O.C3H4O/c2*1-2-3-4/h3H,2H2,1H3;2-3H,1H2. The van der Waals surface area contributed by atoms with Crippen LogP contribution in [0.5, 0.6) is 0 Å². The molecule has 0 aromatic carbocycles. The van der Waals surface area contributed by atoms with Crippen LogP contribution in [0, 0.1) is 0 Å². The maximum absolute atomic E-state index is 9.17. The molecule has 0 saturated carbocycles. The van der Waals surface area contributed by atoms with E-state index in [2.05, 4.69) is 6.58 Å². The summed E-state index contributed by atoms with van der Waals surface area (Å²) in [5.41, 5.74) is 0. The van der Waals surface area contributed by atoms with Crippen molar-refractivity contribution in [3.63, 3.8) is 0 Å². The van der Waals surface area contributed by atoms with Crippen molar-refractivity contribution in [2.75, 3.05) is 0 Å². The van der Waals surface area contributed by atoms with Gasteiger partial charge in [0.15, 0.2) is 0 Å².